The Kier molecular flexibility index (Phi) is 3.44. The average molecular weight is 239 g/mol. The molecule has 0 saturated heterocycles. The first-order chi connectivity index (χ1) is 8.68. The van der Waals surface area contributed by atoms with Crippen molar-refractivity contribution in [2.45, 2.75) is 0 Å². The Balaban J connectivity index is 2.52. The Labute approximate surface area is 105 Å². The molecule has 2 rings (SSSR count). The van der Waals surface area contributed by atoms with E-state index in [1.807, 2.05) is 48.5 Å². The third kappa shape index (κ3) is 2.58. The van der Waals surface area contributed by atoms with E-state index in [9.17, 15) is 4.79 Å². The minimum Gasteiger partial charge on any atom is -0.478 e. The van der Waals surface area contributed by atoms with Crippen molar-refractivity contribution in [1.82, 2.24) is 0 Å². The van der Waals surface area contributed by atoms with Gasteiger partial charge in [-0.1, -0.05) is 42.5 Å². The van der Waals surface area contributed by atoms with Crippen LogP contribution in [0, 0.1) is 0 Å². The van der Waals surface area contributed by atoms with E-state index in [4.69, 9.17) is 10.8 Å². The Bertz CT molecular complexity index is 603. The molecule has 3 N–H and O–H groups in total. The van der Waals surface area contributed by atoms with Gasteiger partial charge in [0.1, 0.15) is 0 Å². The summed E-state index contributed by atoms with van der Waals surface area (Å²) in [7, 11) is 0. The van der Waals surface area contributed by atoms with Crippen molar-refractivity contribution >= 4 is 17.7 Å². The van der Waals surface area contributed by atoms with Gasteiger partial charge >= 0.3 is 5.97 Å². The number of hydrogen-bond donors (Lipinski definition) is 2. The predicted molar refractivity (Wildman–Crippen MR) is 73.0 cm³/mol. The molecule has 0 spiro atoms. The number of hydrogen-bond acceptors (Lipinski definition) is 2. The molecule has 2 aromatic carbocycles. The van der Waals surface area contributed by atoms with Crippen LogP contribution in [0.4, 0.5) is 5.69 Å². The second kappa shape index (κ2) is 5.19. The van der Waals surface area contributed by atoms with Crippen LogP contribution in [0.1, 0.15) is 5.56 Å². The summed E-state index contributed by atoms with van der Waals surface area (Å²) in [5.74, 6) is -0.967. The molecule has 0 atom stereocenters. The molecule has 0 aliphatic carbocycles. The van der Waals surface area contributed by atoms with Crippen LogP contribution in [0.2, 0.25) is 0 Å². The van der Waals surface area contributed by atoms with Gasteiger partial charge in [-0.15, -0.1) is 0 Å². The lowest BCUT2D eigenvalue weighted by atomic mass is 9.98. The van der Waals surface area contributed by atoms with Crippen molar-refractivity contribution < 1.29 is 9.90 Å². The molecule has 0 heterocycles. The van der Waals surface area contributed by atoms with E-state index in [0.29, 0.717) is 5.69 Å². The average Bonchev–Trinajstić information content (AvgIpc) is 2.37. The molecule has 0 aliphatic rings. The van der Waals surface area contributed by atoms with Gasteiger partial charge in [-0.3, -0.25) is 0 Å². The normalized spacial score (nSPS) is 10.7. The Morgan fingerprint density at radius 1 is 1.00 bits per heavy atom. The van der Waals surface area contributed by atoms with E-state index in [2.05, 4.69) is 0 Å². The number of carbonyl (C=O) groups is 1. The molecule has 0 amide bonds. The summed E-state index contributed by atoms with van der Waals surface area (Å²) in [4.78, 5) is 10.6. The van der Waals surface area contributed by atoms with E-state index in [-0.39, 0.29) is 0 Å². The lowest BCUT2D eigenvalue weighted by molar-refractivity contribution is -0.131. The summed E-state index contributed by atoms with van der Waals surface area (Å²) in [5.41, 5.74) is 9.27. The van der Waals surface area contributed by atoms with Crippen LogP contribution in [-0.2, 0) is 4.79 Å². The first-order valence-corrected chi connectivity index (χ1v) is 5.53. The van der Waals surface area contributed by atoms with Crippen molar-refractivity contribution in [2.24, 2.45) is 0 Å². The van der Waals surface area contributed by atoms with Crippen LogP contribution in [0.5, 0.6) is 0 Å². The van der Waals surface area contributed by atoms with Crippen molar-refractivity contribution in [3.8, 4) is 11.1 Å². The Hall–Kier alpha value is -2.55. The molecule has 90 valence electrons. The molecule has 0 saturated carbocycles. The Morgan fingerprint density at radius 3 is 2.28 bits per heavy atom. The zero-order valence-corrected chi connectivity index (χ0v) is 9.71. The largest absolute Gasteiger partial charge is 0.478 e. The van der Waals surface area contributed by atoms with E-state index < -0.39 is 5.97 Å². The third-order valence-corrected chi connectivity index (χ3v) is 2.62. The molecule has 2 aromatic rings. The quantitative estimate of drug-likeness (QED) is 0.639. The van der Waals surface area contributed by atoms with Gasteiger partial charge in [0.2, 0.25) is 0 Å². The maximum absolute atomic E-state index is 10.6. The Morgan fingerprint density at radius 2 is 1.61 bits per heavy atom. The van der Waals surface area contributed by atoms with E-state index in [1.54, 1.807) is 6.08 Å². The second-order valence-corrected chi connectivity index (χ2v) is 3.85. The van der Waals surface area contributed by atoms with Crippen LogP contribution in [0.3, 0.4) is 0 Å². The number of carboxylic acids is 1. The van der Waals surface area contributed by atoms with Gasteiger partial charge in [-0.25, -0.2) is 4.79 Å². The number of carboxylic acid groups (broad SMARTS) is 1. The van der Waals surface area contributed by atoms with Crippen molar-refractivity contribution in [3.63, 3.8) is 0 Å². The molecular formula is C15H13NO2. The van der Waals surface area contributed by atoms with Gasteiger partial charge in [-0.2, -0.15) is 0 Å². The molecule has 0 aromatic heterocycles. The van der Waals surface area contributed by atoms with Crippen LogP contribution in [0.15, 0.2) is 54.6 Å². The van der Waals surface area contributed by atoms with Crippen molar-refractivity contribution in [1.29, 1.82) is 0 Å². The molecule has 0 bridgehead atoms. The highest BCUT2D eigenvalue weighted by Gasteiger charge is 2.05. The highest BCUT2D eigenvalue weighted by atomic mass is 16.4. The summed E-state index contributed by atoms with van der Waals surface area (Å²) < 4.78 is 0. The molecule has 0 aliphatic heterocycles. The van der Waals surface area contributed by atoms with Crippen molar-refractivity contribution in [3.05, 3.63) is 60.2 Å². The van der Waals surface area contributed by atoms with Gasteiger partial charge in [0.05, 0.1) is 0 Å². The summed E-state index contributed by atoms with van der Waals surface area (Å²) in [5, 5.41) is 8.68. The topological polar surface area (TPSA) is 63.3 Å². The summed E-state index contributed by atoms with van der Waals surface area (Å²) in [6, 6.07) is 15.1. The van der Waals surface area contributed by atoms with Gasteiger partial charge < -0.3 is 10.8 Å². The monoisotopic (exact) mass is 239 g/mol. The summed E-state index contributed by atoms with van der Waals surface area (Å²) in [6.45, 7) is 0. The molecule has 3 nitrogen and oxygen atoms in total. The number of rotatable bonds is 3. The second-order valence-electron chi connectivity index (χ2n) is 3.85. The number of aliphatic carboxylic acids is 1. The maximum Gasteiger partial charge on any atom is 0.328 e. The summed E-state index contributed by atoms with van der Waals surface area (Å²) >= 11 is 0. The molecule has 18 heavy (non-hydrogen) atoms. The molecular weight excluding hydrogens is 226 g/mol. The predicted octanol–water partition coefficient (Wildman–Crippen LogP) is 3.03. The number of nitrogens with two attached hydrogens (primary N) is 1. The van der Waals surface area contributed by atoms with Gasteiger partial charge in [0.25, 0.3) is 0 Å². The minimum atomic E-state index is -0.967. The lowest BCUT2D eigenvalue weighted by Gasteiger charge is -2.08. The fourth-order valence-corrected chi connectivity index (χ4v) is 1.79. The number of benzene rings is 2. The smallest absolute Gasteiger partial charge is 0.328 e. The molecule has 0 fully saturated rings. The van der Waals surface area contributed by atoms with Gasteiger partial charge in [-0.05, 0) is 23.3 Å². The SMILES string of the molecule is Nc1ccccc1-c1ccccc1/C=C/C(=O)O. The first kappa shape index (κ1) is 11.9. The first-order valence-electron chi connectivity index (χ1n) is 5.53. The van der Waals surface area contributed by atoms with E-state index in [0.717, 1.165) is 22.8 Å². The van der Waals surface area contributed by atoms with E-state index >= 15 is 0 Å². The molecule has 0 unspecified atom stereocenters. The fraction of sp³-hybridized carbons (Fsp3) is 0. The fourth-order valence-electron chi connectivity index (χ4n) is 1.79. The van der Waals surface area contributed by atoms with Crippen LogP contribution in [0.25, 0.3) is 17.2 Å². The zero-order valence-electron chi connectivity index (χ0n) is 9.71. The number of para-hydroxylation sites is 1. The highest BCUT2D eigenvalue weighted by molar-refractivity contribution is 5.89. The maximum atomic E-state index is 10.6. The van der Waals surface area contributed by atoms with Crippen LogP contribution < -0.4 is 5.73 Å². The third-order valence-electron chi connectivity index (χ3n) is 2.62. The minimum absolute atomic E-state index is 0.675. The lowest BCUT2D eigenvalue weighted by Crippen LogP contribution is -1.92. The van der Waals surface area contributed by atoms with Crippen LogP contribution in [-0.4, -0.2) is 11.1 Å². The summed E-state index contributed by atoms with van der Waals surface area (Å²) in [6.07, 6.45) is 2.70. The highest BCUT2D eigenvalue weighted by Crippen LogP contribution is 2.29. The number of anilines is 1. The number of nitrogen functional groups attached to an aromatic ring is 1. The van der Waals surface area contributed by atoms with Gasteiger partial charge in [0.15, 0.2) is 0 Å². The molecule has 0 radical (unpaired) electrons. The molecule has 3 heteroatoms. The standard InChI is InChI=1S/C15H13NO2/c16-14-8-4-3-7-13(14)12-6-2-1-5-11(12)9-10-15(17)18/h1-10H,16H2,(H,17,18)/b10-9+. The van der Waals surface area contributed by atoms with Gasteiger partial charge in [0, 0.05) is 17.3 Å². The van der Waals surface area contributed by atoms with Crippen molar-refractivity contribution in [2.75, 3.05) is 5.73 Å². The van der Waals surface area contributed by atoms with E-state index in [1.165, 1.54) is 0 Å². The van der Waals surface area contributed by atoms with Crippen LogP contribution >= 0.6 is 0 Å². The zero-order chi connectivity index (χ0) is 13.0.